The molecule has 18 nitrogen and oxygen atoms in total. The molecule has 0 spiro atoms. The average molecular weight is 882 g/mol. The Bertz CT molecular complexity index is 1920. The van der Waals surface area contributed by atoms with E-state index in [2.05, 4.69) is 21.4 Å². The number of ketones is 1. The fourth-order valence-corrected chi connectivity index (χ4v) is 5.53. The van der Waals surface area contributed by atoms with Gasteiger partial charge in [-0.25, -0.2) is 9.80 Å². The lowest BCUT2D eigenvalue weighted by atomic mass is 10.0. The van der Waals surface area contributed by atoms with Crippen molar-refractivity contribution < 1.29 is 62.1 Å². The second-order valence-corrected chi connectivity index (χ2v) is 18.0. The summed E-state index contributed by atoms with van der Waals surface area (Å²) in [5.74, 6) is -8.51. The van der Waals surface area contributed by atoms with Gasteiger partial charge in [0.15, 0.2) is 0 Å². The molecule has 63 heavy (non-hydrogen) atoms. The summed E-state index contributed by atoms with van der Waals surface area (Å²) in [7, 11) is 0. The Kier molecular flexibility index (Phi) is 19.9. The highest BCUT2D eigenvalue weighted by Gasteiger charge is 2.36. The zero-order valence-corrected chi connectivity index (χ0v) is 38.1. The van der Waals surface area contributed by atoms with Gasteiger partial charge in [-0.3, -0.25) is 43.8 Å². The van der Waals surface area contributed by atoms with E-state index in [0.29, 0.717) is 16.1 Å². The van der Waals surface area contributed by atoms with E-state index in [1.807, 2.05) is 0 Å². The van der Waals surface area contributed by atoms with Crippen LogP contribution < -0.4 is 21.4 Å². The number of nitrogens with one attached hydrogen (secondary N) is 4. The molecule has 3 atom stereocenters. The number of esters is 3. The standard InChI is InChI=1S/C45H63N5O13/c1-28(2)37(40(57)49-50(26-36(54)63-45(9,10)11)41(58)33(51)24-29-18-14-12-15-19-29)48-38(55)31(22-23-34(52)61-43(3,4)5)46-39(56)32(25-35(53)62-44(6,7)8)47-42(59)60-27-30-20-16-13-17-21-30/h12-21,28,31-32,37H,22-27H2,1-11H3,(H,46,56)(H,47,59)(H,48,55)(H,49,57)/t31-,32-,37-/m0/s1. The maximum absolute atomic E-state index is 14.1. The minimum atomic E-state index is -1.65. The van der Waals surface area contributed by atoms with Crippen LogP contribution in [0.3, 0.4) is 0 Å². The van der Waals surface area contributed by atoms with Crippen LogP contribution in [0.2, 0.25) is 0 Å². The van der Waals surface area contributed by atoms with Crippen molar-refractivity contribution in [3.63, 3.8) is 0 Å². The summed E-state index contributed by atoms with van der Waals surface area (Å²) in [5, 5.41) is 7.85. The third kappa shape index (κ3) is 21.3. The molecule has 0 unspecified atom stereocenters. The van der Waals surface area contributed by atoms with Gasteiger partial charge in [-0.05, 0) is 85.8 Å². The largest absolute Gasteiger partial charge is 0.460 e. The van der Waals surface area contributed by atoms with E-state index < -0.39 is 114 Å². The second kappa shape index (κ2) is 23.8. The summed E-state index contributed by atoms with van der Waals surface area (Å²) in [6.07, 6.45) is -2.89. The SMILES string of the molecule is CC(C)[C@H](NC(=O)[C@H](CCC(=O)OC(C)(C)C)NC(=O)[C@H](CC(=O)OC(C)(C)C)NC(=O)OCc1ccccc1)C(=O)NN(CC(=O)OC(C)(C)C)C(=O)C(=O)Cc1ccccc1. The van der Waals surface area contributed by atoms with E-state index in [9.17, 15) is 43.2 Å². The molecule has 0 aliphatic rings. The lowest BCUT2D eigenvalue weighted by Crippen LogP contribution is -2.61. The molecule has 2 aromatic carbocycles. The highest BCUT2D eigenvalue weighted by Crippen LogP contribution is 2.14. The predicted octanol–water partition coefficient (Wildman–Crippen LogP) is 3.77. The average Bonchev–Trinajstić information content (AvgIpc) is 3.15. The van der Waals surface area contributed by atoms with Gasteiger partial charge in [0.1, 0.15) is 48.1 Å². The molecule has 0 aliphatic heterocycles. The molecular weight excluding hydrogens is 819 g/mol. The van der Waals surface area contributed by atoms with Crippen molar-refractivity contribution in [3.8, 4) is 0 Å². The van der Waals surface area contributed by atoms with Gasteiger partial charge in [0, 0.05) is 12.8 Å². The smallest absolute Gasteiger partial charge is 0.408 e. The van der Waals surface area contributed by atoms with E-state index >= 15 is 0 Å². The van der Waals surface area contributed by atoms with Gasteiger partial charge in [-0.2, -0.15) is 0 Å². The molecular formula is C45H63N5O13. The van der Waals surface area contributed by atoms with E-state index in [1.54, 1.807) is 137 Å². The summed E-state index contributed by atoms with van der Waals surface area (Å²) in [4.78, 5) is 120. The predicted molar refractivity (Wildman–Crippen MR) is 229 cm³/mol. The van der Waals surface area contributed by atoms with Gasteiger partial charge in [0.05, 0.1) is 6.42 Å². The number of hydrazine groups is 1. The lowest BCUT2D eigenvalue weighted by molar-refractivity contribution is -0.163. The molecule has 2 rings (SSSR count). The number of benzene rings is 2. The number of amides is 5. The number of Topliss-reactive ketones (excluding diaryl/α,β-unsaturated/α-hetero) is 1. The normalized spacial score (nSPS) is 13.0. The van der Waals surface area contributed by atoms with Crippen LogP contribution in [0, 0.1) is 5.92 Å². The van der Waals surface area contributed by atoms with Crippen LogP contribution in [0.15, 0.2) is 60.7 Å². The topological polar surface area (TPSA) is 242 Å². The Morgan fingerprint density at radius 2 is 1.08 bits per heavy atom. The second-order valence-electron chi connectivity index (χ2n) is 18.0. The summed E-state index contributed by atoms with van der Waals surface area (Å²) >= 11 is 0. The molecule has 0 radical (unpaired) electrons. The van der Waals surface area contributed by atoms with Gasteiger partial charge >= 0.3 is 29.9 Å². The van der Waals surface area contributed by atoms with Gasteiger partial charge in [0.25, 0.3) is 5.91 Å². The first kappa shape index (κ1) is 52.8. The van der Waals surface area contributed by atoms with Crippen LogP contribution in [0.25, 0.3) is 0 Å². The number of hydrogen-bond donors (Lipinski definition) is 4. The molecule has 0 fully saturated rings. The quantitative estimate of drug-likeness (QED) is 0.0681. The minimum Gasteiger partial charge on any atom is -0.460 e. The van der Waals surface area contributed by atoms with E-state index in [0.717, 1.165) is 0 Å². The summed E-state index contributed by atoms with van der Waals surface area (Å²) < 4.78 is 21.4. The first-order valence-corrected chi connectivity index (χ1v) is 20.5. The molecule has 346 valence electrons. The molecule has 0 aliphatic carbocycles. The zero-order chi connectivity index (χ0) is 47.7. The van der Waals surface area contributed by atoms with Gasteiger partial charge in [0.2, 0.25) is 17.6 Å². The van der Waals surface area contributed by atoms with E-state index in [1.165, 1.54) is 0 Å². The van der Waals surface area contributed by atoms with Crippen LogP contribution in [0.4, 0.5) is 4.79 Å². The maximum atomic E-state index is 14.1. The van der Waals surface area contributed by atoms with Crippen molar-refractivity contribution in [1.82, 2.24) is 26.4 Å². The molecule has 0 heterocycles. The Balaban J connectivity index is 2.43. The molecule has 5 amide bonds. The van der Waals surface area contributed by atoms with Crippen LogP contribution in [-0.2, 0) is 70.3 Å². The Labute approximate surface area is 368 Å². The third-order valence-electron chi connectivity index (χ3n) is 8.19. The van der Waals surface area contributed by atoms with Crippen molar-refractivity contribution in [1.29, 1.82) is 0 Å². The number of rotatable bonds is 19. The summed E-state index contributed by atoms with van der Waals surface area (Å²) in [6.45, 7) is 16.6. The lowest BCUT2D eigenvalue weighted by Gasteiger charge is -2.29. The Morgan fingerprint density at radius 1 is 0.587 bits per heavy atom. The van der Waals surface area contributed by atoms with Gasteiger partial charge < -0.3 is 34.9 Å². The first-order chi connectivity index (χ1) is 29.1. The fourth-order valence-electron chi connectivity index (χ4n) is 5.53. The van der Waals surface area contributed by atoms with Crippen molar-refractivity contribution >= 4 is 53.4 Å². The van der Waals surface area contributed by atoms with Crippen LogP contribution >= 0.6 is 0 Å². The van der Waals surface area contributed by atoms with Crippen molar-refractivity contribution in [2.45, 2.75) is 143 Å². The highest BCUT2D eigenvalue weighted by molar-refractivity contribution is 6.36. The van der Waals surface area contributed by atoms with Crippen LogP contribution in [0.5, 0.6) is 0 Å². The van der Waals surface area contributed by atoms with Crippen molar-refractivity contribution in [3.05, 3.63) is 71.8 Å². The molecule has 4 N–H and O–H groups in total. The number of hydrogen-bond acceptors (Lipinski definition) is 13. The first-order valence-electron chi connectivity index (χ1n) is 20.5. The monoisotopic (exact) mass is 881 g/mol. The van der Waals surface area contributed by atoms with Crippen molar-refractivity contribution in [2.75, 3.05) is 6.54 Å². The fraction of sp³-hybridized carbons (Fsp3) is 0.533. The number of carbonyl (C=O) groups is 9. The Hall–Kier alpha value is -6.33. The molecule has 0 bridgehead atoms. The van der Waals surface area contributed by atoms with Gasteiger partial charge in [-0.1, -0.05) is 74.5 Å². The third-order valence-corrected chi connectivity index (χ3v) is 8.19. The van der Waals surface area contributed by atoms with E-state index in [4.69, 9.17) is 18.9 Å². The molecule has 0 aromatic heterocycles. The Morgan fingerprint density at radius 3 is 1.60 bits per heavy atom. The number of carbonyl (C=O) groups excluding carboxylic acids is 9. The number of alkyl carbamates (subject to hydrolysis) is 1. The van der Waals surface area contributed by atoms with Crippen molar-refractivity contribution in [2.24, 2.45) is 5.92 Å². The zero-order valence-electron chi connectivity index (χ0n) is 38.1. The number of nitrogens with zero attached hydrogens (tertiary/aromatic N) is 1. The molecule has 0 saturated carbocycles. The maximum Gasteiger partial charge on any atom is 0.408 e. The summed E-state index contributed by atoms with van der Waals surface area (Å²) in [6, 6.07) is 12.3. The van der Waals surface area contributed by atoms with Gasteiger partial charge in [-0.15, -0.1) is 0 Å². The molecule has 0 saturated heterocycles. The summed E-state index contributed by atoms with van der Waals surface area (Å²) in [5.41, 5.74) is 0.575. The number of ether oxygens (including phenoxy) is 4. The van der Waals surface area contributed by atoms with Crippen LogP contribution in [0.1, 0.15) is 107 Å². The molecule has 18 heteroatoms. The van der Waals surface area contributed by atoms with E-state index in [-0.39, 0.29) is 19.4 Å². The minimum absolute atomic E-state index is 0.172. The van der Waals surface area contributed by atoms with Crippen LogP contribution in [-0.4, -0.2) is 99.9 Å². The highest BCUT2D eigenvalue weighted by atomic mass is 16.6. The molecule has 2 aromatic rings.